The van der Waals surface area contributed by atoms with Crippen LogP contribution in [-0.2, 0) is 22.7 Å². The fourth-order valence-corrected chi connectivity index (χ4v) is 5.86. The third kappa shape index (κ3) is 11.8. The first-order valence-electron chi connectivity index (χ1n) is 17.7. The molecule has 0 aliphatic rings. The van der Waals surface area contributed by atoms with E-state index in [1.54, 1.807) is 61.5 Å². The minimum atomic E-state index is -1.11. The van der Waals surface area contributed by atoms with Crippen molar-refractivity contribution in [3.8, 4) is 33.8 Å². The molecule has 0 bridgehead atoms. The van der Waals surface area contributed by atoms with Gasteiger partial charge in [0, 0.05) is 36.5 Å². The second-order valence-corrected chi connectivity index (χ2v) is 13.1. The van der Waals surface area contributed by atoms with Gasteiger partial charge in [-0.25, -0.2) is 27.2 Å². The summed E-state index contributed by atoms with van der Waals surface area (Å²) < 4.78 is 66.1. The molecule has 0 fully saturated rings. The molecular formula is C45H40F4N2O6. The molecule has 0 radical (unpaired) electrons. The number of rotatable bonds is 14. The van der Waals surface area contributed by atoms with Gasteiger partial charge in [-0.05, 0) is 132 Å². The number of aryl methyl sites for hydroxylation is 2. The molecule has 0 aliphatic carbocycles. The zero-order chi connectivity index (χ0) is 41.1. The van der Waals surface area contributed by atoms with Crippen LogP contribution in [0.4, 0.5) is 28.9 Å². The second-order valence-electron chi connectivity index (χ2n) is 13.1. The Kier molecular flexibility index (Phi) is 13.9. The summed E-state index contributed by atoms with van der Waals surface area (Å²) in [6, 6.07) is 30.7. The first kappa shape index (κ1) is 41.3. The van der Waals surface area contributed by atoms with E-state index in [-0.39, 0.29) is 35.4 Å². The number of carboxylic acids is 2. The zero-order valence-corrected chi connectivity index (χ0v) is 31.3. The van der Waals surface area contributed by atoms with Crippen LogP contribution in [0.5, 0.6) is 11.5 Å². The van der Waals surface area contributed by atoms with Gasteiger partial charge in [-0.1, -0.05) is 36.4 Å². The molecule has 0 amide bonds. The van der Waals surface area contributed by atoms with Gasteiger partial charge in [-0.15, -0.1) is 0 Å². The lowest BCUT2D eigenvalue weighted by Gasteiger charge is -2.15. The van der Waals surface area contributed by atoms with E-state index in [0.717, 1.165) is 33.4 Å². The Bertz CT molecular complexity index is 2390. The van der Waals surface area contributed by atoms with E-state index in [0.29, 0.717) is 34.7 Å². The number of halogens is 4. The van der Waals surface area contributed by atoms with E-state index in [9.17, 15) is 27.2 Å². The quantitative estimate of drug-likeness (QED) is 0.0808. The summed E-state index contributed by atoms with van der Waals surface area (Å²) in [6.45, 7) is 5.23. The highest BCUT2D eigenvalue weighted by atomic mass is 19.1. The van der Waals surface area contributed by atoms with Crippen molar-refractivity contribution < 1.29 is 46.8 Å². The Morgan fingerprint density at radius 3 is 1.70 bits per heavy atom. The average Bonchev–Trinajstić information content (AvgIpc) is 3.18. The summed E-state index contributed by atoms with van der Waals surface area (Å²) in [6.07, 6.45) is 0. The monoisotopic (exact) mass is 780 g/mol. The molecule has 8 nitrogen and oxygen atoms in total. The molecular weight excluding hydrogens is 740 g/mol. The number of carboxylic acid groups (broad SMARTS) is 2. The lowest BCUT2D eigenvalue weighted by atomic mass is 9.95. The Morgan fingerprint density at radius 2 is 1.11 bits per heavy atom. The number of aliphatic carboxylic acids is 2. The maximum absolute atomic E-state index is 14.6. The van der Waals surface area contributed by atoms with E-state index in [2.05, 4.69) is 10.6 Å². The van der Waals surface area contributed by atoms with Gasteiger partial charge in [0.25, 0.3) is 0 Å². The molecule has 0 heterocycles. The molecule has 0 aromatic heterocycles. The Balaban J connectivity index is 0.000000218. The maximum Gasteiger partial charge on any atom is 0.341 e. The van der Waals surface area contributed by atoms with Crippen LogP contribution in [0.2, 0.25) is 0 Å². The summed E-state index contributed by atoms with van der Waals surface area (Å²) in [4.78, 5) is 21.2. The normalized spacial score (nSPS) is 10.6. The van der Waals surface area contributed by atoms with Gasteiger partial charge >= 0.3 is 11.9 Å². The van der Waals surface area contributed by atoms with Crippen molar-refractivity contribution in [3.05, 3.63) is 166 Å². The van der Waals surface area contributed by atoms with Crippen molar-refractivity contribution in [2.45, 2.75) is 33.9 Å². The standard InChI is InChI=1S/C23H21F2NO3.C22H19F2NO3/c1-14-8-17(16-4-3-5-19(24)10-16)9-18(15(14)2)12-26-22-11-20(6-7-21(22)25)29-13-23(27)28;1-14-8-16(15-4-2-5-18(23)10-15)9-17(22(14)24)12-25-19-6-3-7-20(11-19)28-13-21(26)27/h3-11,26H,12-13H2,1-2H3,(H,27,28);2-11,25H,12-13H2,1H3,(H,26,27). The Morgan fingerprint density at radius 1 is 0.561 bits per heavy atom. The van der Waals surface area contributed by atoms with Gasteiger partial charge < -0.3 is 30.3 Å². The van der Waals surface area contributed by atoms with Crippen LogP contribution in [0.25, 0.3) is 22.3 Å². The number of carbonyl (C=O) groups is 2. The summed E-state index contributed by atoms with van der Waals surface area (Å²) in [5.41, 5.74) is 7.88. The van der Waals surface area contributed by atoms with Crippen molar-refractivity contribution in [3.63, 3.8) is 0 Å². The minimum Gasteiger partial charge on any atom is -0.482 e. The largest absolute Gasteiger partial charge is 0.482 e. The van der Waals surface area contributed by atoms with Gasteiger partial charge in [0.2, 0.25) is 0 Å². The van der Waals surface area contributed by atoms with Gasteiger partial charge in [-0.2, -0.15) is 0 Å². The van der Waals surface area contributed by atoms with E-state index >= 15 is 0 Å². The van der Waals surface area contributed by atoms with Gasteiger partial charge in [0.15, 0.2) is 13.2 Å². The Hall–Kier alpha value is -6.82. The van der Waals surface area contributed by atoms with Crippen molar-refractivity contribution in [2.75, 3.05) is 23.8 Å². The van der Waals surface area contributed by atoms with Crippen molar-refractivity contribution in [1.82, 2.24) is 0 Å². The molecule has 0 spiro atoms. The molecule has 6 aromatic carbocycles. The third-order valence-corrected chi connectivity index (χ3v) is 8.87. The van der Waals surface area contributed by atoms with Crippen LogP contribution in [0.1, 0.15) is 27.8 Å². The molecule has 0 saturated heterocycles. The molecule has 6 rings (SSSR count). The van der Waals surface area contributed by atoms with E-state index in [4.69, 9.17) is 19.7 Å². The van der Waals surface area contributed by atoms with Crippen molar-refractivity contribution in [2.24, 2.45) is 0 Å². The van der Waals surface area contributed by atoms with Crippen LogP contribution in [-0.4, -0.2) is 35.4 Å². The fraction of sp³-hybridized carbons (Fsp3) is 0.156. The van der Waals surface area contributed by atoms with Crippen LogP contribution in [0, 0.1) is 44.0 Å². The predicted molar refractivity (Wildman–Crippen MR) is 212 cm³/mol. The first-order chi connectivity index (χ1) is 27.2. The second kappa shape index (κ2) is 19.2. The third-order valence-electron chi connectivity index (χ3n) is 8.87. The number of benzene rings is 6. The Labute approximate surface area is 327 Å². The number of hydrogen-bond acceptors (Lipinski definition) is 6. The highest BCUT2D eigenvalue weighted by molar-refractivity contribution is 5.70. The molecule has 6 aromatic rings. The lowest BCUT2D eigenvalue weighted by Crippen LogP contribution is -2.10. The van der Waals surface area contributed by atoms with Crippen LogP contribution >= 0.6 is 0 Å². The number of anilines is 2. The molecule has 57 heavy (non-hydrogen) atoms. The maximum atomic E-state index is 14.6. The highest BCUT2D eigenvalue weighted by Gasteiger charge is 2.12. The van der Waals surface area contributed by atoms with Crippen LogP contribution in [0.15, 0.2) is 115 Å². The highest BCUT2D eigenvalue weighted by Crippen LogP contribution is 2.29. The summed E-state index contributed by atoms with van der Waals surface area (Å²) in [7, 11) is 0. The van der Waals surface area contributed by atoms with Crippen molar-refractivity contribution in [1.29, 1.82) is 0 Å². The molecule has 0 unspecified atom stereocenters. The number of nitrogens with one attached hydrogen (secondary N) is 2. The SMILES string of the molecule is Cc1cc(-c2cccc(F)c2)cc(CNc2cc(OCC(=O)O)ccc2F)c1C.Cc1cc(-c2cccc(F)c2)cc(CNc2cccc(OCC(=O)O)c2)c1F. The van der Waals surface area contributed by atoms with Gasteiger partial charge in [0.1, 0.15) is 34.8 Å². The number of hydrogen-bond donors (Lipinski definition) is 4. The number of ether oxygens (including phenoxy) is 2. The molecule has 12 heteroatoms. The average molecular weight is 781 g/mol. The molecule has 0 atom stereocenters. The van der Waals surface area contributed by atoms with E-state index in [1.807, 2.05) is 32.0 Å². The topological polar surface area (TPSA) is 117 Å². The van der Waals surface area contributed by atoms with Gasteiger partial charge in [0.05, 0.1) is 5.69 Å². The van der Waals surface area contributed by atoms with Crippen LogP contribution in [0.3, 0.4) is 0 Å². The summed E-state index contributed by atoms with van der Waals surface area (Å²) >= 11 is 0. The summed E-state index contributed by atoms with van der Waals surface area (Å²) in [5, 5.41) is 23.5. The van der Waals surface area contributed by atoms with Crippen molar-refractivity contribution >= 4 is 23.3 Å². The zero-order valence-electron chi connectivity index (χ0n) is 31.3. The minimum absolute atomic E-state index is 0.207. The van der Waals surface area contributed by atoms with E-state index < -0.39 is 31.0 Å². The predicted octanol–water partition coefficient (Wildman–Crippen LogP) is 10.3. The molecule has 0 saturated carbocycles. The first-order valence-corrected chi connectivity index (χ1v) is 17.7. The molecule has 4 N–H and O–H groups in total. The smallest absolute Gasteiger partial charge is 0.341 e. The summed E-state index contributed by atoms with van der Waals surface area (Å²) in [5.74, 6) is -2.96. The van der Waals surface area contributed by atoms with Gasteiger partial charge in [-0.3, -0.25) is 0 Å². The lowest BCUT2D eigenvalue weighted by molar-refractivity contribution is -0.140. The molecule has 294 valence electrons. The van der Waals surface area contributed by atoms with E-state index in [1.165, 1.54) is 42.5 Å². The molecule has 0 aliphatic heterocycles. The van der Waals surface area contributed by atoms with Crippen LogP contribution < -0.4 is 20.1 Å². The fourth-order valence-electron chi connectivity index (χ4n) is 5.86.